The van der Waals surface area contributed by atoms with Crippen molar-refractivity contribution >= 4 is 0 Å². The van der Waals surface area contributed by atoms with Crippen LogP contribution >= 0.6 is 0 Å². The van der Waals surface area contributed by atoms with E-state index in [0.29, 0.717) is 19.5 Å². The minimum Gasteiger partial charge on any atom is -0.396 e. The molecule has 0 fully saturated rings. The third kappa shape index (κ3) is 4.11. The predicted octanol–water partition coefficient (Wildman–Crippen LogP) is -0.879. The molecule has 0 bridgehead atoms. The summed E-state index contributed by atoms with van der Waals surface area (Å²) in [6, 6.07) is 0. The molecule has 0 unspecified atom stereocenters. The highest BCUT2D eigenvalue weighted by Gasteiger charge is 2.02. The number of aliphatic hydroxyl groups excluding tert-OH is 1. The summed E-state index contributed by atoms with van der Waals surface area (Å²) in [5, 5.41) is 27.9. The Kier molecular flexibility index (Phi) is 4.99. The number of nitrogens with one attached hydrogen (secondary N) is 1. The molecular weight excluding hydrogens is 246 g/mol. The molecule has 0 spiro atoms. The second-order valence-corrected chi connectivity index (χ2v) is 4.33. The van der Waals surface area contributed by atoms with Crippen LogP contribution in [0, 0.1) is 0 Å². The van der Waals surface area contributed by atoms with Gasteiger partial charge in [0.25, 0.3) is 0 Å². The fraction of sp³-hybridized carbons (Fsp3) is 0.636. The number of aryl methyl sites for hydroxylation is 2. The number of aliphatic hydroxyl groups is 1. The van der Waals surface area contributed by atoms with E-state index >= 15 is 0 Å². The van der Waals surface area contributed by atoms with E-state index in [1.165, 1.54) is 0 Å². The van der Waals surface area contributed by atoms with Gasteiger partial charge in [0, 0.05) is 45.9 Å². The lowest BCUT2D eigenvalue weighted by molar-refractivity contribution is 0.276. The van der Waals surface area contributed by atoms with Gasteiger partial charge >= 0.3 is 0 Å². The number of rotatable bonds is 8. The second kappa shape index (κ2) is 6.95. The molecule has 0 atom stereocenters. The van der Waals surface area contributed by atoms with Gasteiger partial charge < -0.3 is 15.0 Å². The molecule has 0 saturated heterocycles. The van der Waals surface area contributed by atoms with Crippen molar-refractivity contribution in [2.75, 3.05) is 13.2 Å². The van der Waals surface area contributed by atoms with E-state index in [1.807, 2.05) is 17.8 Å². The Balaban J connectivity index is 1.68. The molecule has 0 saturated carbocycles. The Bertz CT molecular complexity index is 493. The number of hydrogen-bond donors (Lipinski definition) is 2. The summed E-state index contributed by atoms with van der Waals surface area (Å²) in [7, 11) is 1.93. The van der Waals surface area contributed by atoms with Crippen LogP contribution in [0.3, 0.4) is 0 Å². The lowest BCUT2D eigenvalue weighted by Crippen LogP contribution is -2.18. The molecule has 2 aromatic heterocycles. The SMILES string of the molecule is Cn1cnnc1CCNCc1cn(CCCO)nn1. The van der Waals surface area contributed by atoms with Crippen LogP contribution < -0.4 is 5.32 Å². The van der Waals surface area contributed by atoms with Crippen LogP contribution in [0.5, 0.6) is 0 Å². The zero-order chi connectivity index (χ0) is 13.5. The summed E-state index contributed by atoms with van der Waals surface area (Å²) in [5.41, 5.74) is 0.899. The fourth-order valence-electron chi connectivity index (χ4n) is 1.71. The Morgan fingerprint density at radius 2 is 2.26 bits per heavy atom. The van der Waals surface area contributed by atoms with Crippen LogP contribution in [-0.2, 0) is 26.6 Å². The van der Waals surface area contributed by atoms with Gasteiger partial charge in [-0.25, -0.2) is 0 Å². The third-order valence-electron chi connectivity index (χ3n) is 2.77. The first-order chi connectivity index (χ1) is 9.29. The maximum atomic E-state index is 8.73. The van der Waals surface area contributed by atoms with Gasteiger partial charge in [0.05, 0.1) is 5.69 Å². The van der Waals surface area contributed by atoms with Crippen molar-refractivity contribution in [2.24, 2.45) is 7.05 Å². The van der Waals surface area contributed by atoms with Crippen LogP contribution in [0.4, 0.5) is 0 Å². The molecule has 0 aliphatic rings. The molecule has 0 aliphatic carbocycles. The molecule has 8 heteroatoms. The quantitative estimate of drug-likeness (QED) is 0.602. The summed E-state index contributed by atoms with van der Waals surface area (Å²) in [4.78, 5) is 0. The zero-order valence-electron chi connectivity index (χ0n) is 11.0. The van der Waals surface area contributed by atoms with Crippen LogP contribution in [0.2, 0.25) is 0 Å². The van der Waals surface area contributed by atoms with Gasteiger partial charge in [0.2, 0.25) is 0 Å². The number of aromatic nitrogens is 6. The van der Waals surface area contributed by atoms with Gasteiger partial charge in [-0.1, -0.05) is 5.21 Å². The van der Waals surface area contributed by atoms with Gasteiger partial charge in [0.15, 0.2) is 0 Å². The van der Waals surface area contributed by atoms with E-state index in [2.05, 4.69) is 25.8 Å². The van der Waals surface area contributed by atoms with Crippen molar-refractivity contribution in [1.29, 1.82) is 0 Å². The molecule has 2 heterocycles. The van der Waals surface area contributed by atoms with Crippen molar-refractivity contribution in [1.82, 2.24) is 35.1 Å². The van der Waals surface area contributed by atoms with E-state index in [1.54, 1.807) is 11.0 Å². The highest BCUT2D eigenvalue weighted by atomic mass is 16.3. The Hall–Kier alpha value is -1.80. The minimum absolute atomic E-state index is 0.172. The maximum Gasteiger partial charge on any atom is 0.133 e. The Labute approximate surface area is 111 Å². The van der Waals surface area contributed by atoms with E-state index in [4.69, 9.17) is 5.11 Å². The lowest BCUT2D eigenvalue weighted by Gasteiger charge is -2.01. The molecule has 2 aromatic rings. The van der Waals surface area contributed by atoms with E-state index in [9.17, 15) is 0 Å². The molecule has 2 rings (SSSR count). The normalized spacial score (nSPS) is 11.1. The average molecular weight is 265 g/mol. The van der Waals surface area contributed by atoms with E-state index in [0.717, 1.165) is 24.5 Å². The van der Waals surface area contributed by atoms with E-state index in [-0.39, 0.29) is 6.61 Å². The third-order valence-corrected chi connectivity index (χ3v) is 2.77. The molecule has 2 N–H and O–H groups in total. The second-order valence-electron chi connectivity index (χ2n) is 4.33. The molecule has 19 heavy (non-hydrogen) atoms. The molecule has 8 nitrogen and oxygen atoms in total. The van der Waals surface area contributed by atoms with Crippen molar-refractivity contribution in [2.45, 2.75) is 25.9 Å². The van der Waals surface area contributed by atoms with Gasteiger partial charge in [-0.15, -0.1) is 15.3 Å². The summed E-state index contributed by atoms with van der Waals surface area (Å²) >= 11 is 0. The highest BCUT2D eigenvalue weighted by molar-refractivity contribution is 4.92. The highest BCUT2D eigenvalue weighted by Crippen LogP contribution is 1.95. The Morgan fingerprint density at radius 1 is 1.37 bits per heavy atom. The largest absolute Gasteiger partial charge is 0.396 e. The molecule has 0 aromatic carbocycles. The van der Waals surface area contributed by atoms with Gasteiger partial charge in [-0.2, -0.15) is 0 Å². The first kappa shape index (κ1) is 13.6. The summed E-state index contributed by atoms with van der Waals surface area (Å²) in [5.74, 6) is 0.958. The first-order valence-electron chi connectivity index (χ1n) is 6.33. The van der Waals surface area contributed by atoms with Crippen LogP contribution in [0.1, 0.15) is 17.9 Å². The summed E-state index contributed by atoms with van der Waals surface area (Å²) in [6.45, 7) is 2.36. The summed E-state index contributed by atoms with van der Waals surface area (Å²) in [6.07, 6.45) is 5.12. The number of hydrogen-bond acceptors (Lipinski definition) is 6. The number of nitrogens with zero attached hydrogens (tertiary/aromatic N) is 6. The molecule has 0 aliphatic heterocycles. The minimum atomic E-state index is 0.172. The van der Waals surface area contributed by atoms with Crippen LogP contribution in [0.25, 0.3) is 0 Å². The molecule has 0 radical (unpaired) electrons. The van der Waals surface area contributed by atoms with Crippen molar-refractivity contribution in [3.8, 4) is 0 Å². The maximum absolute atomic E-state index is 8.73. The van der Waals surface area contributed by atoms with Crippen LogP contribution in [-0.4, -0.2) is 48.0 Å². The van der Waals surface area contributed by atoms with Crippen molar-refractivity contribution in [3.63, 3.8) is 0 Å². The van der Waals surface area contributed by atoms with Gasteiger partial charge in [-0.3, -0.25) is 4.68 Å². The topological polar surface area (TPSA) is 93.7 Å². The molecular formula is C11H19N7O. The van der Waals surface area contributed by atoms with Crippen molar-refractivity contribution < 1.29 is 5.11 Å². The monoisotopic (exact) mass is 265 g/mol. The standard InChI is InChI=1S/C11H19N7O/c1-17-9-13-15-11(17)3-4-12-7-10-8-18(16-14-10)5-2-6-19/h8-9,12,19H,2-7H2,1H3. The lowest BCUT2D eigenvalue weighted by atomic mass is 10.4. The summed E-state index contributed by atoms with van der Waals surface area (Å²) < 4.78 is 3.66. The van der Waals surface area contributed by atoms with E-state index < -0.39 is 0 Å². The zero-order valence-corrected chi connectivity index (χ0v) is 11.0. The van der Waals surface area contributed by atoms with Crippen LogP contribution in [0.15, 0.2) is 12.5 Å². The Morgan fingerprint density at radius 3 is 3.00 bits per heavy atom. The molecule has 0 amide bonds. The van der Waals surface area contributed by atoms with Gasteiger partial charge in [-0.05, 0) is 6.42 Å². The van der Waals surface area contributed by atoms with Crippen molar-refractivity contribution in [3.05, 3.63) is 24.0 Å². The van der Waals surface area contributed by atoms with Gasteiger partial charge in [0.1, 0.15) is 12.2 Å². The first-order valence-corrected chi connectivity index (χ1v) is 6.33. The fourth-order valence-corrected chi connectivity index (χ4v) is 1.71. The smallest absolute Gasteiger partial charge is 0.133 e. The molecule has 104 valence electrons. The average Bonchev–Trinajstić information content (AvgIpc) is 3.02. The predicted molar refractivity (Wildman–Crippen MR) is 68.1 cm³/mol.